The van der Waals surface area contributed by atoms with E-state index in [2.05, 4.69) is 43.2 Å². The maximum atomic E-state index is 12.0. The van der Waals surface area contributed by atoms with E-state index < -0.39 is 5.91 Å². The summed E-state index contributed by atoms with van der Waals surface area (Å²) in [6.07, 6.45) is 3.67. The zero-order valence-electron chi connectivity index (χ0n) is 16.1. The van der Waals surface area contributed by atoms with Crippen LogP contribution in [0.25, 0.3) is 11.4 Å². The van der Waals surface area contributed by atoms with Crippen molar-refractivity contribution in [2.24, 2.45) is 5.73 Å². The SMILES string of the molecule is CNc1cc(Nc2ccc(C3CCOCC3)cc2)nc(-c2c[nH]nn2)c1C(N)=O. The van der Waals surface area contributed by atoms with E-state index >= 15 is 0 Å². The minimum atomic E-state index is -0.591. The number of benzene rings is 1. The molecule has 0 spiro atoms. The van der Waals surface area contributed by atoms with Crippen LogP contribution in [0.3, 0.4) is 0 Å². The van der Waals surface area contributed by atoms with Crippen molar-refractivity contribution in [2.45, 2.75) is 18.8 Å². The quantitative estimate of drug-likeness (QED) is 0.506. The largest absolute Gasteiger partial charge is 0.387 e. The fourth-order valence-corrected chi connectivity index (χ4v) is 3.58. The van der Waals surface area contributed by atoms with Crippen molar-refractivity contribution in [3.8, 4) is 11.4 Å². The van der Waals surface area contributed by atoms with Gasteiger partial charge in [0.1, 0.15) is 17.2 Å². The number of H-pyrrole nitrogens is 1. The molecule has 0 bridgehead atoms. The van der Waals surface area contributed by atoms with Gasteiger partial charge in [-0.05, 0) is 36.5 Å². The van der Waals surface area contributed by atoms with Gasteiger partial charge in [-0.2, -0.15) is 0 Å². The molecule has 0 saturated carbocycles. The van der Waals surface area contributed by atoms with Crippen LogP contribution < -0.4 is 16.4 Å². The number of amides is 1. The molecule has 0 radical (unpaired) electrons. The van der Waals surface area contributed by atoms with E-state index in [-0.39, 0.29) is 5.56 Å². The van der Waals surface area contributed by atoms with Crippen LogP contribution in [0.5, 0.6) is 0 Å². The molecule has 1 aromatic carbocycles. The Labute approximate surface area is 168 Å². The molecule has 1 aliphatic rings. The van der Waals surface area contributed by atoms with Gasteiger partial charge in [-0.15, -0.1) is 5.10 Å². The van der Waals surface area contributed by atoms with Crippen LogP contribution in [-0.4, -0.2) is 46.6 Å². The maximum absolute atomic E-state index is 12.0. The van der Waals surface area contributed by atoms with Crippen molar-refractivity contribution in [1.82, 2.24) is 20.4 Å². The first-order chi connectivity index (χ1) is 14.2. The lowest BCUT2D eigenvalue weighted by atomic mass is 9.92. The van der Waals surface area contributed by atoms with Gasteiger partial charge in [0.05, 0.1) is 17.4 Å². The van der Waals surface area contributed by atoms with Crippen LogP contribution in [0.1, 0.15) is 34.7 Å². The van der Waals surface area contributed by atoms with Gasteiger partial charge in [-0.3, -0.25) is 9.89 Å². The number of aromatic amines is 1. The van der Waals surface area contributed by atoms with Crippen molar-refractivity contribution in [1.29, 1.82) is 0 Å². The lowest BCUT2D eigenvalue weighted by molar-refractivity contribution is 0.0853. The van der Waals surface area contributed by atoms with E-state index in [4.69, 9.17) is 10.5 Å². The number of nitrogens with two attached hydrogens (primary N) is 1. The van der Waals surface area contributed by atoms with Gasteiger partial charge in [0.15, 0.2) is 0 Å². The van der Waals surface area contributed by atoms with E-state index in [1.807, 2.05) is 12.1 Å². The van der Waals surface area contributed by atoms with Crippen molar-refractivity contribution >= 4 is 23.1 Å². The molecule has 2 aromatic heterocycles. The number of hydrogen-bond acceptors (Lipinski definition) is 7. The second-order valence-corrected chi connectivity index (χ2v) is 6.89. The molecule has 1 fully saturated rings. The molecular weight excluding hydrogens is 370 g/mol. The standard InChI is InChI=1S/C20H23N7O2/c1-22-15-10-17(25-19(18(15)20(21)28)16-11-23-27-26-16)24-14-4-2-12(3-5-14)13-6-8-29-9-7-13/h2-5,10-11,13H,6-9H2,1H3,(H2,21,28)(H2,22,24,25)(H,23,26,27). The van der Waals surface area contributed by atoms with E-state index in [0.717, 1.165) is 31.7 Å². The highest BCUT2D eigenvalue weighted by Gasteiger charge is 2.20. The second-order valence-electron chi connectivity index (χ2n) is 6.89. The number of rotatable bonds is 6. The molecule has 1 saturated heterocycles. The van der Waals surface area contributed by atoms with E-state index in [1.54, 1.807) is 19.3 Å². The second kappa shape index (κ2) is 8.27. The minimum absolute atomic E-state index is 0.266. The summed E-state index contributed by atoms with van der Waals surface area (Å²) in [6, 6.07) is 10.1. The van der Waals surface area contributed by atoms with Crippen molar-refractivity contribution < 1.29 is 9.53 Å². The fraction of sp³-hybridized carbons (Fsp3) is 0.300. The Balaban J connectivity index is 1.63. The van der Waals surface area contributed by atoms with E-state index in [9.17, 15) is 4.79 Å². The lowest BCUT2D eigenvalue weighted by Crippen LogP contribution is -2.16. The molecule has 0 unspecified atom stereocenters. The van der Waals surface area contributed by atoms with Crippen LogP contribution in [-0.2, 0) is 4.74 Å². The number of primary amides is 1. The third-order valence-electron chi connectivity index (χ3n) is 5.07. The number of carbonyl (C=O) groups excluding carboxylic acids is 1. The minimum Gasteiger partial charge on any atom is -0.387 e. The van der Waals surface area contributed by atoms with Gasteiger partial charge in [0, 0.05) is 32.0 Å². The third kappa shape index (κ3) is 4.04. The molecule has 4 rings (SSSR count). The van der Waals surface area contributed by atoms with Gasteiger partial charge in [0.2, 0.25) is 0 Å². The zero-order valence-corrected chi connectivity index (χ0v) is 16.1. The van der Waals surface area contributed by atoms with Crippen LogP contribution in [0.15, 0.2) is 36.5 Å². The van der Waals surface area contributed by atoms with Crippen molar-refractivity contribution in [3.63, 3.8) is 0 Å². The Kier molecular flexibility index (Phi) is 5.39. The van der Waals surface area contributed by atoms with Gasteiger partial charge in [-0.25, -0.2) is 4.98 Å². The predicted octanol–water partition coefficient (Wildman–Crippen LogP) is 2.64. The summed E-state index contributed by atoms with van der Waals surface area (Å²) in [6.45, 7) is 1.64. The highest BCUT2D eigenvalue weighted by Crippen LogP contribution is 2.31. The molecule has 3 heterocycles. The first kappa shape index (κ1) is 18.9. The molecule has 0 aliphatic carbocycles. The lowest BCUT2D eigenvalue weighted by Gasteiger charge is -2.22. The molecule has 9 nitrogen and oxygen atoms in total. The average molecular weight is 393 g/mol. The molecule has 0 atom stereocenters. The Morgan fingerprint density at radius 3 is 2.62 bits per heavy atom. The van der Waals surface area contributed by atoms with Gasteiger partial charge in [0.25, 0.3) is 5.91 Å². The first-order valence-corrected chi connectivity index (χ1v) is 9.50. The van der Waals surface area contributed by atoms with Gasteiger partial charge >= 0.3 is 0 Å². The number of nitrogens with zero attached hydrogens (tertiary/aromatic N) is 3. The Bertz CT molecular complexity index is 981. The topological polar surface area (TPSA) is 131 Å². The van der Waals surface area contributed by atoms with Crippen LogP contribution in [0.4, 0.5) is 17.2 Å². The summed E-state index contributed by atoms with van der Waals surface area (Å²) >= 11 is 0. The molecule has 29 heavy (non-hydrogen) atoms. The summed E-state index contributed by atoms with van der Waals surface area (Å²) in [7, 11) is 1.72. The van der Waals surface area contributed by atoms with Crippen LogP contribution in [0, 0.1) is 0 Å². The highest BCUT2D eigenvalue weighted by atomic mass is 16.5. The molecule has 150 valence electrons. The number of anilines is 3. The highest BCUT2D eigenvalue weighted by molar-refractivity contribution is 6.04. The average Bonchev–Trinajstić information content (AvgIpc) is 3.29. The smallest absolute Gasteiger partial charge is 0.253 e. The number of nitrogens with one attached hydrogen (secondary N) is 3. The van der Waals surface area contributed by atoms with E-state index in [1.165, 1.54) is 5.56 Å². The summed E-state index contributed by atoms with van der Waals surface area (Å²) < 4.78 is 5.44. The molecule has 1 amide bonds. The summed E-state index contributed by atoms with van der Waals surface area (Å²) in [5.74, 6) is 0.517. The van der Waals surface area contributed by atoms with Crippen LogP contribution >= 0.6 is 0 Å². The Morgan fingerprint density at radius 1 is 1.24 bits per heavy atom. The zero-order chi connectivity index (χ0) is 20.2. The normalized spacial score (nSPS) is 14.5. The molecular formula is C20H23N7O2. The van der Waals surface area contributed by atoms with Crippen LogP contribution in [0.2, 0.25) is 0 Å². The summed E-state index contributed by atoms with van der Waals surface area (Å²) in [5.41, 5.74) is 9.42. The predicted molar refractivity (Wildman–Crippen MR) is 110 cm³/mol. The molecule has 9 heteroatoms. The number of aromatic nitrogens is 4. The molecule has 1 aliphatic heterocycles. The summed E-state index contributed by atoms with van der Waals surface area (Å²) in [4.78, 5) is 16.6. The number of ether oxygens (including phenoxy) is 1. The van der Waals surface area contributed by atoms with Crippen molar-refractivity contribution in [2.75, 3.05) is 30.9 Å². The molecule has 5 N–H and O–H groups in total. The Morgan fingerprint density at radius 2 is 2.00 bits per heavy atom. The number of carbonyl (C=O) groups is 1. The number of pyridine rings is 1. The number of hydrogen-bond donors (Lipinski definition) is 4. The molecule has 3 aromatic rings. The first-order valence-electron chi connectivity index (χ1n) is 9.50. The van der Waals surface area contributed by atoms with E-state index in [0.29, 0.717) is 28.8 Å². The summed E-state index contributed by atoms with van der Waals surface area (Å²) in [5, 5.41) is 16.6. The third-order valence-corrected chi connectivity index (χ3v) is 5.07. The Hall–Kier alpha value is -3.46. The van der Waals surface area contributed by atoms with Gasteiger partial charge < -0.3 is 21.1 Å². The van der Waals surface area contributed by atoms with Gasteiger partial charge in [-0.1, -0.05) is 17.3 Å². The fourth-order valence-electron chi connectivity index (χ4n) is 3.58. The van der Waals surface area contributed by atoms with Crippen molar-refractivity contribution in [3.05, 3.63) is 47.7 Å². The maximum Gasteiger partial charge on any atom is 0.253 e. The monoisotopic (exact) mass is 393 g/mol.